The number of aryl methyl sites for hydroxylation is 1. The molecular weight excluding hydrogens is 278 g/mol. The van der Waals surface area contributed by atoms with Gasteiger partial charge in [0.25, 0.3) is 0 Å². The van der Waals surface area contributed by atoms with Crippen molar-refractivity contribution < 1.29 is 14.2 Å². The van der Waals surface area contributed by atoms with Crippen LogP contribution in [-0.2, 0) is 12.8 Å². The second-order valence-electron chi connectivity index (χ2n) is 4.06. The highest BCUT2D eigenvalue weighted by Gasteiger charge is 2.14. The van der Waals surface area contributed by atoms with E-state index in [9.17, 15) is 0 Å². The number of hydrogen-bond acceptors (Lipinski definition) is 7. The summed E-state index contributed by atoms with van der Waals surface area (Å²) in [5.41, 5.74) is 6.54. The fourth-order valence-corrected chi connectivity index (χ4v) is 2.41. The van der Waals surface area contributed by atoms with Crippen LogP contribution in [0.3, 0.4) is 0 Å². The normalized spacial score (nSPS) is 10.3. The molecule has 0 saturated carbocycles. The zero-order valence-electron chi connectivity index (χ0n) is 11.7. The Hall–Kier alpha value is -2.02. The zero-order chi connectivity index (χ0) is 14.5. The molecule has 0 aliphatic heterocycles. The minimum atomic E-state index is 0.480. The van der Waals surface area contributed by atoms with Gasteiger partial charge in [-0.15, -0.1) is 0 Å². The first kappa shape index (κ1) is 14.4. The molecule has 0 fully saturated rings. The van der Waals surface area contributed by atoms with Crippen LogP contribution < -0.4 is 19.9 Å². The summed E-state index contributed by atoms with van der Waals surface area (Å²) in [6, 6.07) is 3.67. The lowest BCUT2D eigenvalue weighted by atomic mass is 10.1. The van der Waals surface area contributed by atoms with Crippen molar-refractivity contribution >= 4 is 16.7 Å². The number of methoxy groups -OCH3 is 3. The summed E-state index contributed by atoms with van der Waals surface area (Å²) in [6.07, 6.45) is 1.37. The number of rotatable bonds is 6. The molecule has 2 rings (SSSR count). The first-order chi connectivity index (χ1) is 9.67. The SMILES string of the molecule is COc1cc(OC)c(CCc2nsc(N)n2)c(OC)c1. The Morgan fingerprint density at radius 1 is 1.05 bits per heavy atom. The monoisotopic (exact) mass is 295 g/mol. The van der Waals surface area contributed by atoms with Gasteiger partial charge in [0.1, 0.15) is 23.1 Å². The summed E-state index contributed by atoms with van der Waals surface area (Å²) in [7, 11) is 4.85. The maximum absolute atomic E-state index is 5.58. The van der Waals surface area contributed by atoms with Gasteiger partial charge < -0.3 is 19.9 Å². The highest BCUT2D eigenvalue weighted by atomic mass is 32.1. The van der Waals surface area contributed by atoms with Crippen molar-refractivity contribution in [1.82, 2.24) is 9.36 Å². The molecule has 0 aliphatic rings. The van der Waals surface area contributed by atoms with E-state index >= 15 is 0 Å². The molecular formula is C13H17N3O3S. The van der Waals surface area contributed by atoms with E-state index in [1.165, 1.54) is 11.5 Å². The summed E-state index contributed by atoms with van der Waals surface area (Å²) >= 11 is 1.20. The largest absolute Gasteiger partial charge is 0.496 e. The fraction of sp³-hybridized carbons (Fsp3) is 0.385. The highest BCUT2D eigenvalue weighted by molar-refractivity contribution is 7.09. The molecule has 0 radical (unpaired) electrons. The lowest BCUT2D eigenvalue weighted by Gasteiger charge is -2.14. The van der Waals surface area contributed by atoms with Gasteiger partial charge in [0.15, 0.2) is 5.13 Å². The predicted molar refractivity (Wildman–Crippen MR) is 77.8 cm³/mol. The number of anilines is 1. The van der Waals surface area contributed by atoms with Gasteiger partial charge in [-0.05, 0) is 6.42 Å². The smallest absolute Gasteiger partial charge is 0.199 e. The minimum absolute atomic E-state index is 0.480. The van der Waals surface area contributed by atoms with Crippen molar-refractivity contribution in [3.05, 3.63) is 23.5 Å². The maximum Gasteiger partial charge on any atom is 0.199 e. The molecule has 20 heavy (non-hydrogen) atoms. The molecule has 0 bridgehead atoms. The standard InChI is InChI=1S/C13H17N3O3S/c1-17-8-6-10(18-2)9(11(7-8)19-3)4-5-12-15-13(14)20-16-12/h6-7H,4-5H2,1-3H3,(H2,14,15,16). The van der Waals surface area contributed by atoms with Crippen LogP contribution in [0.25, 0.3) is 0 Å². The molecule has 1 aromatic heterocycles. The van der Waals surface area contributed by atoms with Gasteiger partial charge in [-0.25, -0.2) is 4.98 Å². The molecule has 7 heteroatoms. The van der Waals surface area contributed by atoms with Crippen LogP contribution in [0.2, 0.25) is 0 Å². The Bertz CT molecular complexity index is 561. The zero-order valence-corrected chi connectivity index (χ0v) is 12.5. The molecule has 0 unspecified atom stereocenters. The third kappa shape index (κ3) is 3.11. The van der Waals surface area contributed by atoms with Crippen LogP contribution in [-0.4, -0.2) is 30.7 Å². The summed E-state index contributed by atoms with van der Waals surface area (Å²) in [6.45, 7) is 0. The van der Waals surface area contributed by atoms with Crippen LogP contribution in [0, 0.1) is 0 Å². The van der Waals surface area contributed by atoms with Gasteiger partial charge >= 0.3 is 0 Å². The molecule has 0 atom stereocenters. The third-order valence-corrected chi connectivity index (χ3v) is 3.48. The maximum atomic E-state index is 5.58. The Labute approximate surface area is 121 Å². The number of benzene rings is 1. The van der Waals surface area contributed by atoms with Crippen LogP contribution in [0.15, 0.2) is 12.1 Å². The lowest BCUT2D eigenvalue weighted by Crippen LogP contribution is -2.01. The first-order valence-corrected chi connectivity index (χ1v) is 6.82. The van der Waals surface area contributed by atoms with E-state index in [0.29, 0.717) is 23.7 Å². The highest BCUT2D eigenvalue weighted by Crippen LogP contribution is 2.34. The van der Waals surface area contributed by atoms with Gasteiger partial charge in [-0.1, -0.05) is 0 Å². The van der Waals surface area contributed by atoms with Gasteiger partial charge in [0, 0.05) is 35.6 Å². The molecule has 2 aromatic rings. The van der Waals surface area contributed by atoms with E-state index in [2.05, 4.69) is 9.36 Å². The molecule has 1 heterocycles. The topological polar surface area (TPSA) is 79.5 Å². The van der Waals surface area contributed by atoms with Gasteiger partial charge in [0.05, 0.1) is 21.3 Å². The van der Waals surface area contributed by atoms with Crippen molar-refractivity contribution in [2.24, 2.45) is 0 Å². The van der Waals surface area contributed by atoms with E-state index in [-0.39, 0.29) is 0 Å². The van der Waals surface area contributed by atoms with Crippen LogP contribution in [0.1, 0.15) is 11.4 Å². The molecule has 0 saturated heterocycles. The minimum Gasteiger partial charge on any atom is -0.496 e. The number of nitrogens with zero attached hydrogens (tertiary/aromatic N) is 2. The van der Waals surface area contributed by atoms with Crippen molar-refractivity contribution in [2.75, 3.05) is 27.1 Å². The quantitative estimate of drug-likeness (QED) is 0.877. The summed E-state index contributed by atoms with van der Waals surface area (Å²) in [5, 5.41) is 0.480. The second kappa shape index (κ2) is 6.42. The molecule has 1 aromatic carbocycles. The van der Waals surface area contributed by atoms with Crippen LogP contribution in [0.4, 0.5) is 5.13 Å². The third-order valence-electron chi connectivity index (χ3n) is 2.90. The predicted octanol–water partition coefficient (Wildman–Crippen LogP) is 1.93. The average molecular weight is 295 g/mol. The molecule has 6 nitrogen and oxygen atoms in total. The van der Waals surface area contributed by atoms with Crippen molar-refractivity contribution in [3.63, 3.8) is 0 Å². The Balaban J connectivity index is 2.24. The van der Waals surface area contributed by atoms with Crippen molar-refractivity contribution in [3.8, 4) is 17.2 Å². The van der Waals surface area contributed by atoms with Crippen LogP contribution >= 0.6 is 11.5 Å². The summed E-state index contributed by atoms with van der Waals surface area (Å²) < 4.78 is 20.2. The van der Waals surface area contributed by atoms with E-state index in [1.807, 2.05) is 12.1 Å². The Morgan fingerprint density at radius 3 is 2.15 bits per heavy atom. The van der Waals surface area contributed by atoms with Crippen molar-refractivity contribution in [1.29, 1.82) is 0 Å². The number of nitrogen functional groups attached to an aromatic ring is 1. The second-order valence-corrected chi connectivity index (χ2v) is 4.84. The Kier molecular flexibility index (Phi) is 4.62. The van der Waals surface area contributed by atoms with E-state index in [1.54, 1.807) is 21.3 Å². The van der Waals surface area contributed by atoms with Crippen LogP contribution in [0.5, 0.6) is 17.2 Å². The molecule has 0 aliphatic carbocycles. The van der Waals surface area contributed by atoms with E-state index < -0.39 is 0 Å². The number of hydrogen-bond donors (Lipinski definition) is 1. The molecule has 108 valence electrons. The molecule has 0 spiro atoms. The fourth-order valence-electron chi connectivity index (χ4n) is 1.93. The van der Waals surface area contributed by atoms with Gasteiger partial charge in [-0.3, -0.25) is 0 Å². The van der Waals surface area contributed by atoms with Gasteiger partial charge in [-0.2, -0.15) is 4.37 Å². The van der Waals surface area contributed by atoms with Crippen molar-refractivity contribution in [2.45, 2.75) is 12.8 Å². The Morgan fingerprint density at radius 2 is 1.70 bits per heavy atom. The number of nitrogens with two attached hydrogens (primary N) is 1. The molecule has 2 N–H and O–H groups in total. The van der Waals surface area contributed by atoms with Gasteiger partial charge in [0.2, 0.25) is 0 Å². The average Bonchev–Trinajstić information content (AvgIpc) is 2.89. The number of aromatic nitrogens is 2. The summed E-state index contributed by atoms with van der Waals surface area (Å²) in [4.78, 5) is 4.15. The van der Waals surface area contributed by atoms with E-state index in [0.717, 1.165) is 22.9 Å². The first-order valence-electron chi connectivity index (χ1n) is 6.05. The van der Waals surface area contributed by atoms with E-state index in [4.69, 9.17) is 19.9 Å². The summed E-state index contributed by atoms with van der Waals surface area (Å²) in [5.74, 6) is 2.87. The molecule has 0 amide bonds. The lowest BCUT2D eigenvalue weighted by molar-refractivity contribution is 0.368. The number of ether oxygens (including phenoxy) is 3.